The lowest BCUT2D eigenvalue weighted by atomic mass is 9.95. The fourth-order valence-corrected chi connectivity index (χ4v) is 2.24. The van der Waals surface area contributed by atoms with Crippen LogP contribution in [0.5, 0.6) is 0 Å². The summed E-state index contributed by atoms with van der Waals surface area (Å²) in [6.45, 7) is 0.830. The van der Waals surface area contributed by atoms with Crippen LogP contribution in [-0.2, 0) is 4.79 Å². The maximum atomic E-state index is 11.1. The van der Waals surface area contributed by atoms with Gasteiger partial charge in [-0.15, -0.1) is 0 Å². The van der Waals surface area contributed by atoms with Gasteiger partial charge in [0.2, 0.25) is 0 Å². The van der Waals surface area contributed by atoms with E-state index >= 15 is 0 Å². The number of hydrogen-bond donors (Lipinski definition) is 1. The van der Waals surface area contributed by atoms with E-state index in [0.717, 1.165) is 12.1 Å². The van der Waals surface area contributed by atoms with Crippen molar-refractivity contribution < 1.29 is 9.90 Å². The number of rotatable bonds is 2. The van der Waals surface area contributed by atoms with Gasteiger partial charge in [-0.25, -0.2) is 0 Å². The average molecular weight is 206 g/mol. The molecule has 0 aliphatic carbocycles. The van der Waals surface area contributed by atoms with Crippen LogP contribution >= 0.6 is 0 Å². The molecule has 1 saturated heterocycles. The molecule has 0 saturated carbocycles. The van der Waals surface area contributed by atoms with Crippen LogP contribution in [0.15, 0.2) is 24.5 Å². The summed E-state index contributed by atoms with van der Waals surface area (Å²) in [5.74, 6) is -1.02. The standard InChI is InChI=1S/C11H14N2O2/c1-13-6-4-9(11(14)15)10(13)8-3-2-5-12-7-8/h2-3,5,7,9-10H,4,6H2,1H3,(H,14,15)/t9-,10-/m1/s1. The third kappa shape index (κ3) is 1.85. The number of carboxylic acids is 1. The van der Waals surface area contributed by atoms with Crippen LogP contribution in [0.3, 0.4) is 0 Å². The van der Waals surface area contributed by atoms with Crippen molar-refractivity contribution in [3.05, 3.63) is 30.1 Å². The molecule has 2 rings (SSSR count). The zero-order valence-corrected chi connectivity index (χ0v) is 8.63. The second-order valence-corrected chi connectivity index (χ2v) is 3.95. The first kappa shape index (κ1) is 10.1. The van der Waals surface area contributed by atoms with Crippen molar-refractivity contribution in [1.29, 1.82) is 0 Å². The van der Waals surface area contributed by atoms with Gasteiger partial charge in [-0.2, -0.15) is 0 Å². The Morgan fingerprint density at radius 1 is 1.67 bits per heavy atom. The number of carbonyl (C=O) groups is 1. The van der Waals surface area contributed by atoms with Crippen molar-refractivity contribution in [2.45, 2.75) is 12.5 Å². The molecule has 0 aromatic carbocycles. The van der Waals surface area contributed by atoms with Crippen molar-refractivity contribution in [3.8, 4) is 0 Å². The molecule has 1 N–H and O–H groups in total. The lowest BCUT2D eigenvalue weighted by molar-refractivity contribution is -0.142. The van der Waals surface area contributed by atoms with Crippen LogP contribution in [0.2, 0.25) is 0 Å². The van der Waals surface area contributed by atoms with E-state index in [9.17, 15) is 4.79 Å². The highest BCUT2D eigenvalue weighted by molar-refractivity contribution is 5.71. The summed E-state index contributed by atoms with van der Waals surface area (Å²) in [7, 11) is 1.96. The number of carboxylic acid groups (broad SMARTS) is 1. The summed E-state index contributed by atoms with van der Waals surface area (Å²) < 4.78 is 0. The van der Waals surface area contributed by atoms with Crippen LogP contribution in [0.25, 0.3) is 0 Å². The maximum absolute atomic E-state index is 11.1. The number of pyridine rings is 1. The Bertz CT molecular complexity index is 353. The van der Waals surface area contributed by atoms with Crippen molar-refractivity contribution in [3.63, 3.8) is 0 Å². The summed E-state index contributed by atoms with van der Waals surface area (Å²) in [5, 5.41) is 9.12. The molecule has 1 fully saturated rings. The fourth-order valence-electron chi connectivity index (χ4n) is 2.24. The zero-order valence-electron chi connectivity index (χ0n) is 8.63. The van der Waals surface area contributed by atoms with Gasteiger partial charge in [-0.05, 0) is 31.6 Å². The second kappa shape index (κ2) is 3.98. The normalized spacial score (nSPS) is 26.7. The number of aliphatic carboxylic acids is 1. The van der Waals surface area contributed by atoms with E-state index in [2.05, 4.69) is 9.88 Å². The molecule has 0 amide bonds. The van der Waals surface area contributed by atoms with E-state index in [1.807, 2.05) is 19.2 Å². The largest absolute Gasteiger partial charge is 0.481 e. The fraction of sp³-hybridized carbons (Fsp3) is 0.455. The maximum Gasteiger partial charge on any atom is 0.308 e. The summed E-state index contributed by atoms with van der Waals surface area (Å²) in [4.78, 5) is 17.2. The van der Waals surface area contributed by atoms with Crippen molar-refractivity contribution in [2.24, 2.45) is 5.92 Å². The highest BCUT2D eigenvalue weighted by Gasteiger charge is 2.37. The molecule has 0 unspecified atom stereocenters. The van der Waals surface area contributed by atoms with Gasteiger partial charge < -0.3 is 5.11 Å². The predicted molar refractivity (Wildman–Crippen MR) is 55.4 cm³/mol. The molecule has 1 aromatic heterocycles. The van der Waals surface area contributed by atoms with E-state index in [-0.39, 0.29) is 12.0 Å². The van der Waals surface area contributed by atoms with Crippen LogP contribution in [0, 0.1) is 5.92 Å². The van der Waals surface area contributed by atoms with Crippen LogP contribution in [-0.4, -0.2) is 34.6 Å². The second-order valence-electron chi connectivity index (χ2n) is 3.95. The molecule has 2 heterocycles. The van der Waals surface area contributed by atoms with Crippen LogP contribution in [0.4, 0.5) is 0 Å². The van der Waals surface area contributed by atoms with Crippen molar-refractivity contribution in [1.82, 2.24) is 9.88 Å². The molecule has 80 valence electrons. The Morgan fingerprint density at radius 2 is 2.47 bits per heavy atom. The molecule has 2 atom stereocenters. The number of aromatic nitrogens is 1. The van der Waals surface area contributed by atoms with Crippen molar-refractivity contribution in [2.75, 3.05) is 13.6 Å². The molecule has 15 heavy (non-hydrogen) atoms. The number of hydrogen-bond acceptors (Lipinski definition) is 3. The molecular formula is C11H14N2O2. The summed E-state index contributed by atoms with van der Waals surface area (Å²) in [5.41, 5.74) is 0.991. The SMILES string of the molecule is CN1CC[C@@H](C(=O)O)[C@H]1c1cccnc1. The highest BCUT2D eigenvalue weighted by atomic mass is 16.4. The Labute approximate surface area is 88.6 Å². The molecule has 1 aliphatic rings. The van der Waals surface area contributed by atoms with E-state index < -0.39 is 5.97 Å². The van der Waals surface area contributed by atoms with Crippen LogP contribution in [0.1, 0.15) is 18.0 Å². The van der Waals surface area contributed by atoms with Crippen molar-refractivity contribution >= 4 is 5.97 Å². The summed E-state index contributed by atoms with van der Waals surface area (Å²) in [6, 6.07) is 3.76. The summed E-state index contributed by atoms with van der Waals surface area (Å²) >= 11 is 0. The van der Waals surface area contributed by atoms with E-state index in [4.69, 9.17) is 5.11 Å². The van der Waals surface area contributed by atoms with E-state index in [1.54, 1.807) is 12.4 Å². The lowest BCUT2D eigenvalue weighted by Crippen LogP contribution is -2.25. The van der Waals surface area contributed by atoms with Gasteiger partial charge >= 0.3 is 5.97 Å². The smallest absolute Gasteiger partial charge is 0.308 e. The molecule has 1 aliphatic heterocycles. The molecule has 0 radical (unpaired) electrons. The molecule has 0 spiro atoms. The van der Waals surface area contributed by atoms with Gasteiger partial charge in [0.15, 0.2) is 0 Å². The number of nitrogens with zero attached hydrogens (tertiary/aromatic N) is 2. The molecule has 4 nitrogen and oxygen atoms in total. The molecular weight excluding hydrogens is 192 g/mol. The lowest BCUT2D eigenvalue weighted by Gasteiger charge is -2.22. The van der Waals surface area contributed by atoms with Crippen LogP contribution < -0.4 is 0 Å². The monoisotopic (exact) mass is 206 g/mol. The Hall–Kier alpha value is -1.42. The topological polar surface area (TPSA) is 53.4 Å². The third-order valence-corrected chi connectivity index (χ3v) is 2.99. The quantitative estimate of drug-likeness (QED) is 0.789. The minimum Gasteiger partial charge on any atom is -0.481 e. The van der Waals surface area contributed by atoms with Gasteiger partial charge in [0.25, 0.3) is 0 Å². The van der Waals surface area contributed by atoms with Gasteiger partial charge in [-0.1, -0.05) is 6.07 Å². The Balaban J connectivity index is 2.29. The minimum absolute atomic E-state index is 0.0313. The minimum atomic E-state index is -0.715. The van der Waals surface area contributed by atoms with E-state index in [0.29, 0.717) is 6.42 Å². The summed E-state index contributed by atoms with van der Waals surface area (Å²) in [6.07, 6.45) is 4.17. The average Bonchev–Trinajstić information content (AvgIpc) is 2.61. The zero-order chi connectivity index (χ0) is 10.8. The molecule has 4 heteroatoms. The predicted octanol–water partition coefficient (Wildman–Crippen LogP) is 1.16. The third-order valence-electron chi connectivity index (χ3n) is 2.99. The highest BCUT2D eigenvalue weighted by Crippen LogP contribution is 2.35. The molecule has 0 bridgehead atoms. The first-order valence-electron chi connectivity index (χ1n) is 5.03. The van der Waals surface area contributed by atoms with Gasteiger partial charge in [0.05, 0.1) is 5.92 Å². The first-order valence-corrected chi connectivity index (χ1v) is 5.03. The first-order chi connectivity index (χ1) is 7.20. The van der Waals surface area contributed by atoms with E-state index in [1.165, 1.54) is 0 Å². The van der Waals surface area contributed by atoms with Gasteiger partial charge in [0.1, 0.15) is 0 Å². The van der Waals surface area contributed by atoms with Gasteiger partial charge in [-0.3, -0.25) is 14.7 Å². The number of likely N-dealkylation sites (tertiary alicyclic amines) is 1. The molecule has 1 aromatic rings. The Kier molecular flexibility index (Phi) is 2.68. The van der Waals surface area contributed by atoms with Gasteiger partial charge in [0, 0.05) is 18.4 Å². The Morgan fingerprint density at radius 3 is 3.07 bits per heavy atom.